The van der Waals surface area contributed by atoms with Crippen LogP contribution in [0.3, 0.4) is 0 Å². The fourth-order valence-electron chi connectivity index (χ4n) is 2.74. The summed E-state index contributed by atoms with van der Waals surface area (Å²) < 4.78 is 6.49. The third-order valence-electron chi connectivity index (χ3n) is 3.89. The van der Waals surface area contributed by atoms with Gasteiger partial charge in [0.05, 0.1) is 4.47 Å². The van der Waals surface area contributed by atoms with Crippen molar-refractivity contribution in [3.8, 4) is 5.75 Å². The van der Waals surface area contributed by atoms with Crippen LogP contribution in [0.5, 0.6) is 5.75 Å². The minimum atomic E-state index is -0.949. The van der Waals surface area contributed by atoms with Crippen LogP contribution >= 0.6 is 27.5 Å². The standard InChI is InChI=1S/C14H14BrClN2O4/c15-10-7-9(16)5-8-6-11(22-12(8)10)13(19)17-1-3-18(4-2-17)14(20)21/h5,7,11H,1-4,6H2,(H,20,21). The van der Waals surface area contributed by atoms with Crippen LogP contribution in [-0.4, -0.2) is 59.2 Å². The smallest absolute Gasteiger partial charge is 0.407 e. The molecule has 22 heavy (non-hydrogen) atoms. The van der Waals surface area contributed by atoms with Gasteiger partial charge in [0.2, 0.25) is 0 Å². The maximum Gasteiger partial charge on any atom is 0.407 e. The highest BCUT2D eigenvalue weighted by Crippen LogP contribution is 2.38. The van der Waals surface area contributed by atoms with Crippen LogP contribution in [0.2, 0.25) is 5.02 Å². The normalized spacial score (nSPS) is 20.5. The summed E-state index contributed by atoms with van der Waals surface area (Å²) in [7, 11) is 0. The molecule has 0 spiro atoms. The number of fused-ring (bicyclic) bond motifs is 1. The number of carbonyl (C=O) groups is 2. The Hall–Kier alpha value is -1.47. The van der Waals surface area contributed by atoms with E-state index in [-0.39, 0.29) is 5.91 Å². The average molecular weight is 390 g/mol. The van der Waals surface area contributed by atoms with E-state index in [2.05, 4.69) is 15.9 Å². The fourth-order valence-corrected chi connectivity index (χ4v) is 3.71. The molecule has 1 atom stereocenters. The summed E-state index contributed by atoms with van der Waals surface area (Å²) in [5, 5.41) is 9.52. The highest BCUT2D eigenvalue weighted by molar-refractivity contribution is 9.10. The predicted octanol–water partition coefficient (Wildman–Crippen LogP) is 2.23. The Labute approximate surface area is 140 Å². The van der Waals surface area contributed by atoms with Crippen LogP contribution in [0.15, 0.2) is 16.6 Å². The molecule has 0 saturated carbocycles. The molecule has 0 bridgehead atoms. The van der Waals surface area contributed by atoms with E-state index >= 15 is 0 Å². The summed E-state index contributed by atoms with van der Waals surface area (Å²) in [5.41, 5.74) is 0.905. The number of hydrogen-bond acceptors (Lipinski definition) is 3. The molecule has 1 fully saturated rings. The Morgan fingerprint density at radius 3 is 2.50 bits per heavy atom. The Balaban J connectivity index is 1.66. The SMILES string of the molecule is O=C(O)N1CCN(C(=O)C2Cc3cc(Cl)cc(Br)c3O2)CC1. The lowest BCUT2D eigenvalue weighted by Gasteiger charge is -2.34. The third-order valence-corrected chi connectivity index (χ3v) is 4.70. The number of nitrogens with zero attached hydrogens (tertiary/aromatic N) is 2. The molecule has 8 heteroatoms. The number of rotatable bonds is 1. The van der Waals surface area contributed by atoms with Crippen molar-refractivity contribution in [3.63, 3.8) is 0 Å². The molecular formula is C14H14BrClN2O4. The van der Waals surface area contributed by atoms with Crippen LogP contribution < -0.4 is 4.74 Å². The van der Waals surface area contributed by atoms with Gasteiger partial charge in [-0.3, -0.25) is 4.79 Å². The van der Waals surface area contributed by atoms with Crippen molar-refractivity contribution in [1.82, 2.24) is 9.80 Å². The molecule has 118 valence electrons. The summed E-state index contributed by atoms with van der Waals surface area (Å²) in [6, 6.07) is 3.54. The number of piperazine rings is 1. The molecule has 1 unspecified atom stereocenters. The van der Waals surface area contributed by atoms with E-state index in [1.54, 1.807) is 17.0 Å². The summed E-state index contributed by atoms with van der Waals surface area (Å²) in [6.45, 7) is 1.44. The van der Waals surface area contributed by atoms with Crippen molar-refractivity contribution in [3.05, 3.63) is 27.2 Å². The van der Waals surface area contributed by atoms with Crippen LogP contribution in [0, 0.1) is 0 Å². The molecule has 0 aromatic heterocycles. The molecule has 0 radical (unpaired) electrons. The van der Waals surface area contributed by atoms with Gasteiger partial charge in [-0.15, -0.1) is 0 Å². The van der Waals surface area contributed by atoms with Crippen LogP contribution in [0.25, 0.3) is 0 Å². The number of ether oxygens (including phenoxy) is 1. The van der Waals surface area contributed by atoms with Gasteiger partial charge in [-0.1, -0.05) is 11.6 Å². The van der Waals surface area contributed by atoms with Gasteiger partial charge >= 0.3 is 6.09 Å². The highest BCUT2D eigenvalue weighted by atomic mass is 79.9. The van der Waals surface area contributed by atoms with Crippen LogP contribution in [0.1, 0.15) is 5.56 Å². The van der Waals surface area contributed by atoms with Gasteiger partial charge in [0.15, 0.2) is 6.10 Å². The second-order valence-corrected chi connectivity index (χ2v) is 6.57. The molecular weight excluding hydrogens is 376 g/mol. The van der Waals surface area contributed by atoms with Gasteiger partial charge in [-0.25, -0.2) is 4.79 Å². The highest BCUT2D eigenvalue weighted by Gasteiger charge is 2.35. The van der Waals surface area contributed by atoms with E-state index in [1.165, 1.54) is 4.90 Å². The Morgan fingerprint density at radius 2 is 1.86 bits per heavy atom. The van der Waals surface area contributed by atoms with Crippen molar-refractivity contribution in [1.29, 1.82) is 0 Å². The zero-order valence-corrected chi connectivity index (χ0v) is 13.9. The molecule has 2 amide bonds. The Bertz CT molecular complexity index is 632. The van der Waals surface area contributed by atoms with Crippen LogP contribution in [-0.2, 0) is 11.2 Å². The Kier molecular flexibility index (Phi) is 4.18. The largest absolute Gasteiger partial charge is 0.479 e. The topological polar surface area (TPSA) is 70.1 Å². The van der Waals surface area contributed by atoms with Crippen molar-refractivity contribution in [2.45, 2.75) is 12.5 Å². The summed E-state index contributed by atoms with van der Waals surface area (Å²) in [5.74, 6) is 0.552. The van der Waals surface area contributed by atoms with E-state index in [0.29, 0.717) is 43.4 Å². The zero-order chi connectivity index (χ0) is 15.9. The Morgan fingerprint density at radius 1 is 1.23 bits per heavy atom. The van der Waals surface area contributed by atoms with Crippen molar-refractivity contribution in [2.75, 3.05) is 26.2 Å². The van der Waals surface area contributed by atoms with Gasteiger partial charge in [-0.05, 0) is 28.1 Å². The van der Waals surface area contributed by atoms with Gasteiger partial charge in [-0.2, -0.15) is 0 Å². The van der Waals surface area contributed by atoms with E-state index in [0.717, 1.165) is 10.0 Å². The van der Waals surface area contributed by atoms with Gasteiger partial charge in [0.1, 0.15) is 5.75 Å². The number of carbonyl (C=O) groups excluding carboxylic acids is 1. The lowest BCUT2D eigenvalue weighted by molar-refractivity contribution is -0.139. The first-order chi connectivity index (χ1) is 10.5. The maximum absolute atomic E-state index is 12.5. The van der Waals surface area contributed by atoms with Crippen molar-refractivity contribution < 1.29 is 19.4 Å². The minimum Gasteiger partial charge on any atom is -0.479 e. The van der Waals surface area contributed by atoms with Crippen molar-refractivity contribution >= 4 is 39.5 Å². The summed E-state index contributed by atoms with van der Waals surface area (Å²) >= 11 is 9.40. The molecule has 1 aromatic carbocycles. The molecule has 1 N–H and O–H groups in total. The second-order valence-electron chi connectivity index (χ2n) is 5.28. The molecule has 2 aliphatic heterocycles. The third kappa shape index (κ3) is 2.87. The summed E-state index contributed by atoms with van der Waals surface area (Å²) in [4.78, 5) is 26.4. The predicted molar refractivity (Wildman–Crippen MR) is 83.4 cm³/mol. The van der Waals surface area contributed by atoms with Gasteiger partial charge < -0.3 is 19.6 Å². The van der Waals surface area contributed by atoms with E-state index in [4.69, 9.17) is 21.4 Å². The monoisotopic (exact) mass is 388 g/mol. The fraction of sp³-hybridized carbons (Fsp3) is 0.429. The molecule has 6 nitrogen and oxygen atoms in total. The van der Waals surface area contributed by atoms with Gasteiger partial charge in [0.25, 0.3) is 5.91 Å². The number of benzene rings is 1. The van der Waals surface area contributed by atoms with Crippen molar-refractivity contribution in [2.24, 2.45) is 0 Å². The average Bonchev–Trinajstić information content (AvgIpc) is 2.90. The minimum absolute atomic E-state index is 0.107. The molecule has 2 aliphatic rings. The van der Waals surface area contributed by atoms with Gasteiger partial charge in [0, 0.05) is 43.2 Å². The second kappa shape index (κ2) is 5.96. The summed E-state index contributed by atoms with van der Waals surface area (Å²) in [6.07, 6.45) is -1.04. The number of amides is 2. The lowest BCUT2D eigenvalue weighted by Crippen LogP contribution is -2.53. The van der Waals surface area contributed by atoms with E-state index < -0.39 is 12.2 Å². The first kappa shape index (κ1) is 15.4. The van der Waals surface area contributed by atoms with E-state index in [9.17, 15) is 9.59 Å². The lowest BCUT2D eigenvalue weighted by atomic mass is 10.1. The maximum atomic E-state index is 12.5. The van der Waals surface area contributed by atoms with Crippen LogP contribution in [0.4, 0.5) is 4.79 Å². The molecule has 1 saturated heterocycles. The molecule has 1 aromatic rings. The van der Waals surface area contributed by atoms with E-state index in [1.807, 2.05) is 0 Å². The quantitative estimate of drug-likeness (QED) is 0.800. The first-order valence-corrected chi connectivity index (χ1v) is 8.04. The molecule has 3 rings (SSSR count). The molecule has 2 heterocycles. The molecule has 0 aliphatic carbocycles. The first-order valence-electron chi connectivity index (χ1n) is 6.87. The number of halogens is 2. The number of carboxylic acid groups (broad SMARTS) is 1. The number of hydrogen-bond donors (Lipinski definition) is 1. The zero-order valence-electron chi connectivity index (χ0n) is 11.6.